The van der Waals surface area contributed by atoms with Crippen LogP contribution in [0.5, 0.6) is 0 Å². The first-order valence-corrected chi connectivity index (χ1v) is 28.3. The minimum absolute atomic E-state index is 0.0362. The Morgan fingerprint density at radius 2 is 1.27 bits per heavy atom. The molecule has 2 aliphatic heterocycles. The summed E-state index contributed by atoms with van der Waals surface area (Å²) in [6.45, 7) is 12.9. The molecule has 5 heterocycles. The number of fused-ring (bicyclic) bond motifs is 1. The molecule has 21 heteroatoms. The van der Waals surface area contributed by atoms with Crippen LogP contribution in [-0.2, 0) is 37.7 Å². The van der Waals surface area contributed by atoms with Gasteiger partial charge in [0.1, 0.15) is 29.0 Å². The third-order valence-corrected chi connectivity index (χ3v) is 16.7. The molecule has 1 unspecified atom stereocenters. The normalized spacial score (nSPS) is 17.4. The first kappa shape index (κ1) is 53.6. The highest BCUT2D eigenvalue weighted by Gasteiger charge is 2.34. The second-order valence-corrected chi connectivity index (χ2v) is 24.0. The average Bonchev–Trinajstić information content (AvgIpc) is 4.18. The molecule has 4 aromatic carbocycles. The number of aromatic nitrogens is 4. The number of rotatable bonds is 14. The van der Waals surface area contributed by atoms with Crippen LogP contribution >= 0.6 is 23.2 Å². The number of benzene rings is 4. The summed E-state index contributed by atoms with van der Waals surface area (Å²) in [7, 11) is -6.57. The zero-order valence-electron chi connectivity index (χ0n) is 41.8. The lowest BCUT2D eigenvalue weighted by Crippen LogP contribution is -2.31. The molecule has 3 aromatic heterocycles. The highest BCUT2D eigenvalue weighted by Crippen LogP contribution is 2.38. The van der Waals surface area contributed by atoms with E-state index in [1.165, 1.54) is 39.3 Å². The Labute approximate surface area is 434 Å². The number of hydrogen-bond donors (Lipinski definition) is 2. The monoisotopic (exact) mass is 1080 g/mol. The van der Waals surface area contributed by atoms with E-state index in [0.29, 0.717) is 74.6 Å². The fraction of sp³-hybridized carbons (Fsp3) is 0.385. The number of hydrogen-bond acceptors (Lipinski definition) is 11. The van der Waals surface area contributed by atoms with Crippen molar-refractivity contribution in [2.75, 3.05) is 49.3 Å². The molecule has 0 aliphatic carbocycles. The maximum Gasteiger partial charge on any atom is 0.227 e. The highest BCUT2D eigenvalue weighted by atomic mass is 35.5. The smallest absolute Gasteiger partial charge is 0.227 e. The molecule has 0 spiro atoms. The number of sulfonamides is 2. The Morgan fingerprint density at radius 3 is 1.81 bits per heavy atom. The summed E-state index contributed by atoms with van der Waals surface area (Å²) in [5.74, 6) is 0.535. The molecule has 388 valence electrons. The number of anilines is 2. The van der Waals surface area contributed by atoms with E-state index in [1.807, 2.05) is 70.2 Å². The average molecular weight is 1080 g/mol. The first-order valence-electron chi connectivity index (χ1n) is 23.8. The van der Waals surface area contributed by atoms with Gasteiger partial charge in [0.25, 0.3) is 0 Å². The van der Waals surface area contributed by atoms with Gasteiger partial charge in [-0.15, -0.1) is 0 Å². The van der Waals surface area contributed by atoms with Crippen molar-refractivity contribution in [3.63, 3.8) is 0 Å². The van der Waals surface area contributed by atoms with Crippen LogP contribution in [0.4, 0.5) is 20.2 Å². The number of carbonyl (C=O) groups excluding carboxylic acids is 1. The van der Waals surface area contributed by atoms with Crippen LogP contribution in [0.1, 0.15) is 78.5 Å². The van der Waals surface area contributed by atoms with Gasteiger partial charge in [-0.3, -0.25) is 4.79 Å². The quantitative estimate of drug-likeness (QED) is 0.106. The van der Waals surface area contributed by atoms with Crippen molar-refractivity contribution in [2.24, 2.45) is 5.92 Å². The van der Waals surface area contributed by atoms with Crippen LogP contribution in [0.25, 0.3) is 33.3 Å². The summed E-state index contributed by atoms with van der Waals surface area (Å²) in [6.07, 6.45) is 4.68. The fourth-order valence-electron chi connectivity index (χ4n) is 9.79. The molecule has 0 radical (unpaired) electrons. The van der Waals surface area contributed by atoms with Gasteiger partial charge in [0.15, 0.2) is 0 Å². The van der Waals surface area contributed by atoms with Crippen LogP contribution in [0.2, 0.25) is 10.0 Å². The van der Waals surface area contributed by atoms with Gasteiger partial charge in [0, 0.05) is 55.2 Å². The molecule has 4 atom stereocenters. The number of carbonyl (C=O) groups is 1. The molecule has 2 fully saturated rings. The number of nitrogens with zero attached hydrogens (tertiary/aromatic N) is 6. The van der Waals surface area contributed by atoms with Crippen molar-refractivity contribution in [3.8, 4) is 22.3 Å². The standard InChI is InChI=1S/C26H30ClFN4O4S.C26H28ClFN4O3S/c1-15(11-18-5-7-21(27)22(28)12-18)26(33)30-24-13-19(25-16(2)31-36-17(25)3)6-8-23(24)29-20-9-10-32(14-20)37(4,34)35;1-15(11-18-5-7-21(27)22(28)12-18)26-29-23-13-19(25-16(2)30-35-17(25)3)6-8-24(23)32(26)20-9-10-31(14-20)36(4,33)34/h5-8,12-13,15,20,29H,9-11,14H2,1-4H3,(H,30,33);5-8,12-13,15,20H,9-11,14H2,1-4H3/t15-,20?;15-,20+/m00/s1. The minimum Gasteiger partial charge on any atom is -0.379 e. The zero-order chi connectivity index (χ0) is 52.7. The maximum atomic E-state index is 14.1. The van der Waals surface area contributed by atoms with Crippen LogP contribution < -0.4 is 10.6 Å². The molecule has 15 nitrogen and oxygen atoms in total. The van der Waals surface area contributed by atoms with Gasteiger partial charge < -0.3 is 24.2 Å². The Morgan fingerprint density at radius 1 is 0.726 bits per heavy atom. The molecule has 73 heavy (non-hydrogen) atoms. The topological polar surface area (TPSA) is 186 Å². The van der Waals surface area contributed by atoms with E-state index >= 15 is 0 Å². The minimum atomic E-state index is -3.29. The third kappa shape index (κ3) is 12.1. The van der Waals surface area contributed by atoms with Gasteiger partial charge in [-0.2, -0.15) is 0 Å². The Hall–Kier alpha value is -5.70. The maximum absolute atomic E-state index is 14.1. The summed E-state index contributed by atoms with van der Waals surface area (Å²) < 4.78 is 92.1. The first-order chi connectivity index (χ1) is 34.4. The molecule has 2 saturated heterocycles. The molecular formula is C52H58Cl2F2N8O7S2. The molecule has 0 saturated carbocycles. The summed E-state index contributed by atoms with van der Waals surface area (Å²) in [5.41, 5.74) is 9.59. The largest absolute Gasteiger partial charge is 0.379 e. The summed E-state index contributed by atoms with van der Waals surface area (Å²) in [4.78, 5) is 18.2. The van der Waals surface area contributed by atoms with E-state index in [-0.39, 0.29) is 34.0 Å². The van der Waals surface area contributed by atoms with Crippen molar-refractivity contribution in [1.29, 1.82) is 0 Å². The van der Waals surface area contributed by atoms with Crippen LogP contribution in [0, 0.1) is 45.2 Å². The van der Waals surface area contributed by atoms with E-state index in [1.54, 1.807) is 19.1 Å². The van der Waals surface area contributed by atoms with Gasteiger partial charge in [0.05, 0.1) is 62.4 Å². The van der Waals surface area contributed by atoms with Crippen molar-refractivity contribution in [1.82, 2.24) is 28.5 Å². The molecule has 7 aromatic rings. The zero-order valence-corrected chi connectivity index (χ0v) is 44.9. The van der Waals surface area contributed by atoms with Gasteiger partial charge >= 0.3 is 0 Å². The number of amides is 1. The van der Waals surface area contributed by atoms with Crippen LogP contribution in [0.3, 0.4) is 0 Å². The van der Waals surface area contributed by atoms with Crippen LogP contribution in [0.15, 0.2) is 81.8 Å². The fourth-order valence-corrected chi connectivity index (χ4v) is 11.8. The Kier molecular flexibility index (Phi) is 15.9. The molecule has 2 aliphatic rings. The van der Waals surface area contributed by atoms with Gasteiger partial charge in [0.2, 0.25) is 26.0 Å². The summed E-state index contributed by atoms with van der Waals surface area (Å²) in [5, 5.41) is 14.6. The molecule has 0 bridgehead atoms. The molecule has 1 amide bonds. The SMILES string of the molecule is Cc1noc(C)c1-c1ccc(NC2CCN(S(C)(=O)=O)C2)c(NC(=O)[C@@H](C)Cc2ccc(Cl)c(F)c2)c1.Cc1noc(C)c1-c1ccc2c(c1)nc([C@@H](C)Cc1ccc(Cl)c(F)c1)n2[C@@H]1CCN(S(C)(=O)=O)C1. The lowest BCUT2D eigenvalue weighted by molar-refractivity contribution is -0.119. The van der Waals surface area contributed by atoms with E-state index in [9.17, 15) is 30.4 Å². The third-order valence-electron chi connectivity index (χ3n) is 13.5. The summed E-state index contributed by atoms with van der Waals surface area (Å²) >= 11 is 11.7. The van der Waals surface area contributed by atoms with E-state index < -0.39 is 37.6 Å². The number of halogens is 4. The molecule has 9 rings (SSSR count). The van der Waals surface area contributed by atoms with Gasteiger partial charge in [-0.25, -0.2) is 39.2 Å². The van der Waals surface area contributed by atoms with Gasteiger partial charge in [-0.1, -0.05) is 71.6 Å². The van der Waals surface area contributed by atoms with Crippen molar-refractivity contribution in [2.45, 2.75) is 85.2 Å². The highest BCUT2D eigenvalue weighted by molar-refractivity contribution is 7.88. The second kappa shape index (κ2) is 21.6. The second-order valence-electron chi connectivity index (χ2n) is 19.2. The van der Waals surface area contributed by atoms with E-state index in [0.717, 1.165) is 61.8 Å². The molecular weight excluding hydrogens is 1020 g/mol. The van der Waals surface area contributed by atoms with Crippen LogP contribution in [-0.4, -0.2) is 96.0 Å². The van der Waals surface area contributed by atoms with Crippen molar-refractivity contribution >= 4 is 71.6 Å². The lowest BCUT2D eigenvalue weighted by Gasteiger charge is -2.21. The Bertz CT molecular complexity index is 3400. The molecule has 2 N–H and O–H groups in total. The number of imidazole rings is 1. The van der Waals surface area contributed by atoms with E-state index in [4.69, 9.17) is 37.2 Å². The Balaban J connectivity index is 0.000000195. The number of nitrogens with one attached hydrogen (secondary N) is 2. The summed E-state index contributed by atoms with van der Waals surface area (Å²) in [6, 6.07) is 20.9. The van der Waals surface area contributed by atoms with Crippen molar-refractivity contribution in [3.05, 3.63) is 134 Å². The lowest BCUT2D eigenvalue weighted by atomic mass is 9.99. The predicted molar refractivity (Wildman–Crippen MR) is 281 cm³/mol. The van der Waals surface area contributed by atoms with Gasteiger partial charge in [-0.05, 0) is 124 Å². The predicted octanol–water partition coefficient (Wildman–Crippen LogP) is 10.7. The number of aryl methyl sites for hydroxylation is 4. The van der Waals surface area contributed by atoms with Crippen molar-refractivity contribution < 1.29 is 39.5 Å². The van der Waals surface area contributed by atoms with E-state index in [2.05, 4.69) is 32.4 Å².